The highest BCUT2D eigenvalue weighted by molar-refractivity contribution is 7.99. The van der Waals surface area contributed by atoms with Crippen LogP contribution in [-0.2, 0) is 4.79 Å². The number of ether oxygens (including phenoxy) is 2. The number of thioether (sulfide) groups is 1. The summed E-state index contributed by atoms with van der Waals surface area (Å²) in [6.45, 7) is 5.93. The van der Waals surface area contributed by atoms with Gasteiger partial charge in [-0.3, -0.25) is 9.36 Å². The van der Waals surface area contributed by atoms with Gasteiger partial charge in [0.2, 0.25) is 5.91 Å². The Morgan fingerprint density at radius 3 is 2.31 bits per heavy atom. The molecule has 1 aromatic heterocycles. The predicted octanol–water partition coefficient (Wildman–Crippen LogP) is 5.76. The van der Waals surface area contributed by atoms with Gasteiger partial charge in [0, 0.05) is 11.4 Å². The number of carbonyl (C=O) groups excluding carboxylic acids is 1. The van der Waals surface area contributed by atoms with E-state index in [9.17, 15) is 4.79 Å². The van der Waals surface area contributed by atoms with Gasteiger partial charge in [-0.2, -0.15) is 0 Å². The minimum Gasteiger partial charge on any atom is -0.493 e. The van der Waals surface area contributed by atoms with Gasteiger partial charge in [-0.1, -0.05) is 48.2 Å². The second-order valence-electron chi connectivity index (χ2n) is 8.14. The molecular weight excluding hydrogens is 460 g/mol. The summed E-state index contributed by atoms with van der Waals surface area (Å²) < 4.78 is 13.5. The largest absolute Gasteiger partial charge is 0.493 e. The van der Waals surface area contributed by atoms with Crippen LogP contribution in [0.25, 0.3) is 5.69 Å². The smallest absolute Gasteiger partial charge is 0.234 e. The number of carbonyl (C=O) groups is 1. The van der Waals surface area contributed by atoms with Crippen molar-refractivity contribution in [2.45, 2.75) is 32.0 Å². The van der Waals surface area contributed by atoms with E-state index < -0.39 is 6.10 Å². The summed E-state index contributed by atoms with van der Waals surface area (Å²) in [6.07, 6.45) is -0.419. The number of benzene rings is 3. The number of hydrogen-bond acceptors (Lipinski definition) is 6. The molecule has 0 aliphatic rings. The number of aromatic nitrogens is 3. The third-order valence-corrected chi connectivity index (χ3v) is 6.18. The zero-order valence-corrected chi connectivity index (χ0v) is 21.0. The van der Waals surface area contributed by atoms with E-state index in [1.54, 1.807) is 7.11 Å². The second-order valence-corrected chi connectivity index (χ2v) is 9.08. The summed E-state index contributed by atoms with van der Waals surface area (Å²) in [4.78, 5) is 12.7. The van der Waals surface area contributed by atoms with Crippen LogP contribution < -0.4 is 14.8 Å². The first-order valence-electron chi connectivity index (χ1n) is 11.3. The molecule has 0 spiro atoms. The van der Waals surface area contributed by atoms with Crippen LogP contribution in [0.2, 0.25) is 0 Å². The fourth-order valence-electron chi connectivity index (χ4n) is 3.79. The lowest BCUT2D eigenvalue weighted by atomic mass is 10.1. The molecule has 1 amide bonds. The number of rotatable bonds is 9. The van der Waals surface area contributed by atoms with Crippen molar-refractivity contribution >= 4 is 23.4 Å². The van der Waals surface area contributed by atoms with Crippen LogP contribution in [0.4, 0.5) is 5.69 Å². The first kappa shape index (κ1) is 24.3. The molecule has 1 N–H and O–H groups in total. The molecule has 3 aromatic carbocycles. The first-order valence-corrected chi connectivity index (χ1v) is 12.2. The Kier molecular flexibility index (Phi) is 7.72. The van der Waals surface area contributed by atoms with Gasteiger partial charge in [-0.05, 0) is 68.3 Å². The van der Waals surface area contributed by atoms with Gasteiger partial charge in [-0.15, -0.1) is 10.2 Å². The molecule has 1 heterocycles. The normalized spacial score (nSPS) is 11.7. The second kappa shape index (κ2) is 11.1. The van der Waals surface area contributed by atoms with Gasteiger partial charge in [0.25, 0.3) is 0 Å². The molecule has 0 aliphatic heterocycles. The topological polar surface area (TPSA) is 78.3 Å². The molecule has 8 heteroatoms. The highest BCUT2D eigenvalue weighted by Crippen LogP contribution is 2.32. The molecule has 4 rings (SSSR count). The molecule has 0 bridgehead atoms. The Balaban J connectivity index is 1.55. The summed E-state index contributed by atoms with van der Waals surface area (Å²) >= 11 is 1.33. The molecule has 1 unspecified atom stereocenters. The van der Waals surface area contributed by atoms with Crippen molar-refractivity contribution < 1.29 is 14.3 Å². The highest BCUT2D eigenvalue weighted by atomic mass is 32.2. The predicted molar refractivity (Wildman–Crippen MR) is 139 cm³/mol. The molecule has 0 fully saturated rings. The number of methoxy groups -OCH3 is 1. The van der Waals surface area contributed by atoms with E-state index in [1.807, 2.05) is 92.1 Å². The lowest BCUT2D eigenvalue weighted by molar-refractivity contribution is -0.113. The Labute approximate surface area is 209 Å². The SMILES string of the molecule is COc1ccccc1OC(C)c1nnc(SCC(=O)Nc2cc(C)cc(C)c2)n1-c1ccccc1. The number of nitrogens with zero attached hydrogens (tertiary/aromatic N) is 3. The quantitative estimate of drug-likeness (QED) is 0.302. The van der Waals surface area contributed by atoms with Crippen molar-refractivity contribution in [2.24, 2.45) is 0 Å². The van der Waals surface area contributed by atoms with Crippen molar-refractivity contribution in [3.8, 4) is 17.2 Å². The van der Waals surface area contributed by atoms with Crippen molar-refractivity contribution in [1.29, 1.82) is 0 Å². The summed E-state index contributed by atoms with van der Waals surface area (Å²) in [5.41, 5.74) is 3.88. The average Bonchev–Trinajstić information content (AvgIpc) is 3.27. The highest BCUT2D eigenvalue weighted by Gasteiger charge is 2.22. The fourth-order valence-corrected chi connectivity index (χ4v) is 4.55. The van der Waals surface area contributed by atoms with Gasteiger partial charge >= 0.3 is 0 Å². The monoisotopic (exact) mass is 488 g/mol. The van der Waals surface area contributed by atoms with E-state index in [4.69, 9.17) is 9.47 Å². The zero-order valence-electron chi connectivity index (χ0n) is 20.2. The maximum Gasteiger partial charge on any atom is 0.234 e. The lowest BCUT2D eigenvalue weighted by Crippen LogP contribution is -2.15. The third kappa shape index (κ3) is 6.02. The zero-order chi connectivity index (χ0) is 24.8. The van der Waals surface area contributed by atoms with E-state index in [2.05, 4.69) is 21.6 Å². The van der Waals surface area contributed by atoms with Crippen molar-refractivity contribution in [3.63, 3.8) is 0 Å². The van der Waals surface area contributed by atoms with Crippen LogP contribution in [0.5, 0.6) is 11.5 Å². The summed E-state index contributed by atoms with van der Waals surface area (Å²) in [5, 5.41) is 12.4. The van der Waals surface area contributed by atoms with Crippen LogP contribution >= 0.6 is 11.8 Å². The van der Waals surface area contributed by atoms with E-state index in [0.717, 1.165) is 22.5 Å². The summed E-state index contributed by atoms with van der Waals surface area (Å²) in [7, 11) is 1.61. The maximum absolute atomic E-state index is 12.7. The van der Waals surface area contributed by atoms with Crippen LogP contribution in [0.15, 0.2) is 78.0 Å². The minimum atomic E-state index is -0.419. The maximum atomic E-state index is 12.7. The van der Waals surface area contributed by atoms with E-state index in [-0.39, 0.29) is 11.7 Å². The Hall–Kier alpha value is -3.78. The number of hydrogen-bond donors (Lipinski definition) is 1. The van der Waals surface area contributed by atoms with Crippen LogP contribution in [0.3, 0.4) is 0 Å². The van der Waals surface area contributed by atoms with Crippen LogP contribution in [-0.4, -0.2) is 33.5 Å². The minimum absolute atomic E-state index is 0.109. The van der Waals surface area contributed by atoms with Crippen molar-refractivity contribution in [1.82, 2.24) is 14.8 Å². The molecule has 4 aromatic rings. The number of nitrogens with one attached hydrogen (secondary N) is 1. The molecular formula is C27H28N4O3S. The van der Waals surface area contributed by atoms with Gasteiger partial charge in [0.15, 0.2) is 28.6 Å². The number of para-hydroxylation sites is 3. The molecule has 0 aliphatic carbocycles. The van der Waals surface area contributed by atoms with Crippen LogP contribution in [0, 0.1) is 13.8 Å². The van der Waals surface area contributed by atoms with Gasteiger partial charge < -0.3 is 14.8 Å². The van der Waals surface area contributed by atoms with Crippen molar-refractivity contribution in [2.75, 3.05) is 18.2 Å². The standard InChI is InChI=1S/C27H28N4O3S/c1-18-14-19(2)16-21(15-18)28-25(32)17-35-27-30-29-26(31(27)22-10-6-5-7-11-22)20(3)34-24-13-9-8-12-23(24)33-4/h5-16,20H,17H2,1-4H3,(H,28,32). The molecule has 0 saturated carbocycles. The number of amides is 1. The van der Waals surface area contributed by atoms with E-state index in [0.29, 0.717) is 22.5 Å². The molecule has 7 nitrogen and oxygen atoms in total. The molecule has 35 heavy (non-hydrogen) atoms. The molecule has 0 saturated heterocycles. The molecule has 1 atom stereocenters. The van der Waals surface area contributed by atoms with Gasteiger partial charge in [0.1, 0.15) is 0 Å². The number of anilines is 1. The number of aryl methyl sites for hydroxylation is 2. The van der Waals surface area contributed by atoms with E-state index >= 15 is 0 Å². The lowest BCUT2D eigenvalue weighted by Gasteiger charge is -2.18. The molecule has 0 radical (unpaired) electrons. The molecule has 180 valence electrons. The van der Waals surface area contributed by atoms with Crippen molar-refractivity contribution in [3.05, 3.63) is 89.7 Å². The summed E-state index contributed by atoms with van der Waals surface area (Å²) in [5.74, 6) is 1.97. The van der Waals surface area contributed by atoms with Crippen LogP contribution in [0.1, 0.15) is 30.0 Å². The van der Waals surface area contributed by atoms with Gasteiger partial charge in [-0.25, -0.2) is 0 Å². The van der Waals surface area contributed by atoms with Gasteiger partial charge in [0.05, 0.1) is 12.9 Å². The Morgan fingerprint density at radius 1 is 0.971 bits per heavy atom. The third-order valence-electron chi connectivity index (χ3n) is 5.25. The average molecular weight is 489 g/mol. The summed E-state index contributed by atoms with van der Waals surface area (Å²) in [6, 6.07) is 23.3. The Morgan fingerprint density at radius 2 is 1.63 bits per heavy atom. The van der Waals surface area contributed by atoms with E-state index in [1.165, 1.54) is 11.8 Å². The first-order chi connectivity index (χ1) is 16.9. The fraction of sp³-hybridized carbons (Fsp3) is 0.222. The Bertz CT molecular complexity index is 1290.